The summed E-state index contributed by atoms with van der Waals surface area (Å²) in [5, 5.41) is 3.09. The summed E-state index contributed by atoms with van der Waals surface area (Å²) in [7, 11) is 0. The largest absolute Gasteiger partial charge is 0.449 e. The maximum Gasteiger partial charge on any atom is 0.341 e. The third-order valence-corrected chi connectivity index (χ3v) is 5.65. The third kappa shape index (κ3) is 3.96. The van der Waals surface area contributed by atoms with Gasteiger partial charge in [-0.1, -0.05) is 11.6 Å². The minimum absolute atomic E-state index is 0.166. The molecule has 1 aromatic heterocycles. The molecule has 1 aromatic carbocycles. The average molecular weight is 411 g/mol. The monoisotopic (exact) mass is 410 g/mol. The molecule has 0 unspecified atom stereocenters. The number of hydrogen-bond acceptors (Lipinski definition) is 5. The highest BCUT2D eigenvalue weighted by atomic mass is 35.5. The predicted octanol–water partition coefficient (Wildman–Crippen LogP) is 3.31. The Morgan fingerprint density at radius 3 is 2.78 bits per heavy atom. The van der Waals surface area contributed by atoms with Crippen molar-refractivity contribution in [2.24, 2.45) is 5.73 Å². The van der Waals surface area contributed by atoms with E-state index >= 15 is 0 Å². The van der Waals surface area contributed by atoms with Crippen LogP contribution in [0.3, 0.4) is 0 Å². The first-order chi connectivity index (χ1) is 12.8. The van der Waals surface area contributed by atoms with Gasteiger partial charge < -0.3 is 15.8 Å². The van der Waals surface area contributed by atoms with Gasteiger partial charge in [-0.25, -0.2) is 9.18 Å². The lowest BCUT2D eigenvalue weighted by Crippen LogP contribution is -2.30. The van der Waals surface area contributed by atoms with Gasteiger partial charge in [-0.2, -0.15) is 0 Å². The molecule has 1 heterocycles. The molecule has 0 radical (unpaired) electrons. The molecule has 1 aliphatic carbocycles. The van der Waals surface area contributed by atoms with Gasteiger partial charge in [0.15, 0.2) is 6.10 Å². The molecule has 142 valence electrons. The van der Waals surface area contributed by atoms with Crippen LogP contribution in [0, 0.1) is 5.82 Å². The number of aryl methyl sites for hydroxylation is 1. The van der Waals surface area contributed by atoms with Gasteiger partial charge in [0.2, 0.25) is 0 Å². The van der Waals surface area contributed by atoms with Crippen molar-refractivity contribution in [3.63, 3.8) is 0 Å². The number of thiophene rings is 1. The number of esters is 1. The first-order valence-corrected chi connectivity index (χ1v) is 9.38. The van der Waals surface area contributed by atoms with Crippen LogP contribution < -0.4 is 11.1 Å². The molecule has 0 spiro atoms. The topological polar surface area (TPSA) is 98.5 Å². The number of ether oxygens (including phenoxy) is 1. The minimum atomic E-state index is -1.21. The summed E-state index contributed by atoms with van der Waals surface area (Å²) in [4.78, 5) is 37.3. The van der Waals surface area contributed by atoms with Crippen LogP contribution >= 0.6 is 22.9 Å². The van der Waals surface area contributed by atoms with Crippen LogP contribution in [-0.2, 0) is 22.4 Å². The zero-order chi connectivity index (χ0) is 19.7. The lowest BCUT2D eigenvalue weighted by molar-refractivity contribution is -0.123. The van der Waals surface area contributed by atoms with Crippen molar-refractivity contribution in [3.05, 3.63) is 50.6 Å². The van der Waals surface area contributed by atoms with Crippen molar-refractivity contribution in [2.45, 2.75) is 32.3 Å². The van der Waals surface area contributed by atoms with Gasteiger partial charge in [-0.3, -0.25) is 9.59 Å². The first kappa shape index (κ1) is 19.3. The fraction of sp³-hybridized carbons (Fsp3) is 0.278. The number of carbonyl (C=O) groups excluding carboxylic acids is 3. The molecule has 6 nitrogen and oxygen atoms in total. The van der Waals surface area contributed by atoms with Gasteiger partial charge in [-0.05, 0) is 49.9 Å². The van der Waals surface area contributed by atoms with Crippen molar-refractivity contribution in [1.29, 1.82) is 0 Å². The summed E-state index contributed by atoms with van der Waals surface area (Å²) in [6.07, 6.45) is 1.29. The van der Waals surface area contributed by atoms with Crippen LogP contribution in [-0.4, -0.2) is 23.9 Å². The quantitative estimate of drug-likeness (QED) is 0.738. The van der Waals surface area contributed by atoms with Crippen molar-refractivity contribution in [1.82, 2.24) is 0 Å². The Labute approximate surface area is 163 Å². The molecule has 27 heavy (non-hydrogen) atoms. The van der Waals surface area contributed by atoms with Gasteiger partial charge in [-0.15, -0.1) is 11.3 Å². The fourth-order valence-corrected chi connectivity index (χ4v) is 4.37. The minimum Gasteiger partial charge on any atom is -0.449 e. The molecule has 1 aliphatic rings. The van der Waals surface area contributed by atoms with E-state index in [1.54, 1.807) is 0 Å². The molecule has 0 saturated heterocycles. The molecular weight excluding hydrogens is 395 g/mol. The highest BCUT2D eigenvalue weighted by molar-refractivity contribution is 7.17. The zero-order valence-corrected chi connectivity index (χ0v) is 15.9. The summed E-state index contributed by atoms with van der Waals surface area (Å²) in [6.45, 7) is 1.35. The highest BCUT2D eigenvalue weighted by Gasteiger charge is 2.28. The second-order valence-electron chi connectivity index (χ2n) is 6.09. The van der Waals surface area contributed by atoms with Crippen molar-refractivity contribution in [2.75, 3.05) is 5.32 Å². The van der Waals surface area contributed by atoms with E-state index in [4.69, 9.17) is 22.1 Å². The molecular formula is C18H16ClFN2O4S. The molecule has 0 fully saturated rings. The molecule has 2 aromatic rings. The first-order valence-electron chi connectivity index (χ1n) is 8.19. The number of carbonyl (C=O) groups is 3. The van der Waals surface area contributed by atoms with E-state index in [-0.39, 0.29) is 10.6 Å². The molecule has 2 amide bonds. The Morgan fingerprint density at radius 1 is 1.33 bits per heavy atom. The van der Waals surface area contributed by atoms with Crippen LogP contribution in [0.25, 0.3) is 0 Å². The standard InChI is InChI=1S/C18H16ClFN2O4S/c1-8(26-18(25)11-7-9(19)5-6-12(11)20)16(24)22-17-14(15(21)23)10-3-2-4-13(10)27-17/h5-8H,2-4H2,1H3,(H2,21,23)(H,22,24)/t8-/m0/s1. The van der Waals surface area contributed by atoms with E-state index < -0.39 is 29.7 Å². The van der Waals surface area contributed by atoms with E-state index in [0.717, 1.165) is 41.8 Å². The van der Waals surface area contributed by atoms with Crippen molar-refractivity contribution < 1.29 is 23.5 Å². The maximum absolute atomic E-state index is 13.7. The zero-order valence-electron chi connectivity index (χ0n) is 14.3. The molecule has 0 saturated carbocycles. The Bertz CT molecular complexity index is 944. The lowest BCUT2D eigenvalue weighted by Gasteiger charge is -2.14. The number of hydrogen-bond donors (Lipinski definition) is 2. The molecule has 9 heteroatoms. The second-order valence-corrected chi connectivity index (χ2v) is 7.63. The molecule has 3 N–H and O–H groups in total. The summed E-state index contributed by atoms with van der Waals surface area (Å²) in [5.74, 6) is -3.08. The van der Waals surface area contributed by atoms with E-state index in [9.17, 15) is 18.8 Å². The van der Waals surface area contributed by atoms with Crippen molar-refractivity contribution >= 4 is 45.7 Å². The van der Waals surface area contributed by atoms with Crippen LogP contribution in [0.2, 0.25) is 5.02 Å². The van der Waals surface area contributed by atoms with Crippen LogP contribution in [0.5, 0.6) is 0 Å². The Balaban J connectivity index is 1.72. The van der Waals surface area contributed by atoms with Gasteiger partial charge in [0.05, 0.1) is 11.1 Å². The number of nitrogens with two attached hydrogens (primary N) is 1. The Morgan fingerprint density at radius 2 is 2.07 bits per heavy atom. The number of nitrogens with one attached hydrogen (secondary N) is 1. The summed E-state index contributed by atoms with van der Waals surface area (Å²) < 4.78 is 18.8. The Kier molecular flexibility index (Phi) is 5.48. The smallest absolute Gasteiger partial charge is 0.341 e. The van der Waals surface area contributed by atoms with Gasteiger partial charge >= 0.3 is 5.97 Å². The summed E-state index contributed by atoms with van der Waals surface area (Å²) >= 11 is 7.05. The normalized spacial score (nSPS) is 13.7. The van der Waals surface area contributed by atoms with Gasteiger partial charge in [0, 0.05) is 9.90 Å². The Hall–Kier alpha value is -2.45. The van der Waals surface area contributed by atoms with E-state index in [1.807, 2.05) is 0 Å². The van der Waals surface area contributed by atoms with Crippen LogP contribution in [0.1, 0.15) is 44.5 Å². The van der Waals surface area contributed by atoms with Crippen LogP contribution in [0.15, 0.2) is 18.2 Å². The number of anilines is 1. The highest BCUT2D eigenvalue weighted by Crippen LogP contribution is 2.38. The average Bonchev–Trinajstić information content (AvgIpc) is 3.16. The van der Waals surface area contributed by atoms with E-state index in [2.05, 4.69) is 5.32 Å². The third-order valence-electron chi connectivity index (χ3n) is 4.21. The lowest BCUT2D eigenvalue weighted by atomic mass is 10.1. The second kappa shape index (κ2) is 7.66. The molecule has 0 bridgehead atoms. The number of primary amides is 1. The SMILES string of the molecule is C[C@H](OC(=O)c1cc(Cl)ccc1F)C(=O)Nc1sc2c(c1C(N)=O)CCC2. The van der Waals surface area contributed by atoms with E-state index in [1.165, 1.54) is 24.3 Å². The summed E-state index contributed by atoms with van der Waals surface area (Å²) in [5.41, 5.74) is 6.26. The van der Waals surface area contributed by atoms with Gasteiger partial charge in [0.1, 0.15) is 10.8 Å². The molecule has 0 aliphatic heterocycles. The van der Waals surface area contributed by atoms with Gasteiger partial charge in [0.25, 0.3) is 11.8 Å². The van der Waals surface area contributed by atoms with E-state index in [0.29, 0.717) is 10.6 Å². The maximum atomic E-state index is 13.7. The molecule has 1 atom stereocenters. The predicted molar refractivity (Wildman–Crippen MR) is 99.8 cm³/mol. The van der Waals surface area contributed by atoms with Crippen molar-refractivity contribution in [3.8, 4) is 0 Å². The number of amides is 2. The number of fused-ring (bicyclic) bond motifs is 1. The van der Waals surface area contributed by atoms with Crippen LogP contribution in [0.4, 0.5) is 9.39 Å². The summed E-state index contributed by atoms with van der Waals surface area (Å²) in [6, 6.07) is 3.46. The number of rotatable bonds is 5. The number of benzene rings is 1. The molecule has 3 rings (SSSR count). The fourth-order valence-electron chi connectivity index (χ4n) is 2.90. The number of halogens is 2.